The fourth-order valence-corrected chi connectivity index (χ4v) is 3.29. The molecule has 2 nitrogen and oxygen atoms in total. The van der Waals surface area contributed by atoms with Crippen molar-refractivity contribution < 1.29 is 10.2 Å². The van der Waals surface area contributed by atoms with Crippen LogP contribution in [0.2, 0.25) is 0 Å². The van der Waals surface area contributed by atoms with E-state index in [1.54, 1.807) is 0 Å². The topological polar surface area (TPSA) is 40.5 Å². The standard InChI is InChI=1S/C13H17BrO2/c1-8-9-4-2-3-5-11(9)12(14)13(16)10(8)6-7-15/h15-16H,2-7H2,1H3. The van der Waals surface area contributed by atoms with Crippen LogP contribution in [0.4, 0.5) is 0 Å². The third-order valence-corrected chi connectivity index (χ3v) is 4.35. The highest BCUT2D eigenvalue weighted by Crippen LogP contribution is 2.40. The number of aromatic hydroxyl groups is 1. The Morgan fingerprint density at radius 3 is 2.44 bits per heavy atom. The second-order valence-electron chi connectivity index (χ2n) is 4.40. The van der Waals surface area contributed by atoms with Crippen molar-refractivity contribution in [2.75, 3.05) is 6.61 Å². The van der Waals surface area contributed by atoms with Crippen molar-refractivity contribution in [1.29, 1.82) is 0 Å². The minimum absolute atomic E-state index is 0.0830. The predicted molar refractivity (Wildman–Crippen MR) is 68.0 cm³/mol. The lowest BCUT2D eigenvalue weighted by Gasteiger charge is -2.23. The SMILES string of the molecule is Cc1c(CCO)c(O)c(Br)c2c1CCCC2. The van der Waals surface area contributed by atoms with Crippen molar-refractivity contribution in [3.63, 3.8) is 0 Å². The van der Waals surface area contributed by atoms with Crippen molar-refractivity contribution in [2.45, 2.75) is 39.0 Å². The van der Waals surface area contributed by atoms with Crippen LogP contribution in [0.3, 0.4) is 0 Å². The van der Waals surface area contributed by atoms with Crippen LogP contribution < -0.4 is 0 Å². The molecule has 0 spiro atoms. The molecule has 0 unspecified atom stereocenters. The summed E-state index contributed by atoms with van der Waals surface area (Å²) in [7, 11) is 0. The maximum atomic E-state index is 10.1. The summed E-state index contributed by atoms with van der Waals surface area (Å²) in [5.74, 6) is 0.326. The molecule has 88 valence electrons. The molecular formula is C13H17BrO2. The molecule has 1 aliphatic carbocycles. The van der Waals surface area contributed by atoms with Crippen molar-refractivity contribution >= 4 is 15.9 Å². The van der Waals surface area contributed by atoms with Crippen molar-refractivity contribution in [3.8, 4) is 5.75 Å². The van der Waals surface area contributed by atoms with Gasteiger partial charge in [0.05, 0.1) is 4.47 Å². The van der Waals surface area contributed by atoms with Gasteiger partial charge < -0.3 is 10.2 Å². The number of benzene rings is 1. The molecule has 1 aromatic rings. The largest absolute Gasteiger partial charge is 0.506 e. The first kappa shape index (κ1) is 11.9. The zero-order valence-corrected chi connectivity index (χ0v) is 11.1. The lowest BCUT2D eigenvalue weighted by Crippen LogP contribution is -2.09. The Kier molecular flexibility index (Phi) is 3.55. The van der Waals surface area contributed by atoms with Gasteiger partial charge in [0.1, 0.15) is 5.75 Å². The second-order valence-corrected chi connectivity index (χ2v) is 5.20. The predicted octanol–water partition coefficient (Wildman–Crippen LogP) is 2.88. The molecule has 2 rings (SSSR count). The first-order chi connectivity index (χ1) is 7.66. The molecule has 3 heteroatoms. The average molecular weight is 285 g/mol. The van der Waals surface area contributed by atoms with Crippen LogP contribution >= 0.6 is 15.9 Å². The lowest BCUT2D eigenvalue weighted by atomic mass is 9.85. The Morgan fingerprint density at radius 1 is 1.19 bits per heavy atom. The quantitative estimate of drug-likeness (QED) is 0.877. The Balaban J connectivity index is 2.60. The summed E-state index contributed by atoms with van der Waals surface area (Å²) < 4.78 is 0.844. The van der Waals surface area contributed by atoms with Gasteiger partial charge in [-0.25, -0.2) is 0 Å². The van der Waals surface area contributed by atoms with Gasteiger partial charge in [-0.15, -0.1) is 0 Å². The molecule has 0 fully saturated rings. The molecule has 0 amide bonds. The Bertz CT molecular complexity index is 413. The summed E-state index contributed by atoms with van der Waals surface area (Å²) >= 11 is 3.49. The molecular weight excluding hydrogens is 268 g/mol. The Labute approximate surface area is 104 Å². The van der Waals surface area contributed by atoms with Gasteiger partial charge in [-0.3, -0.25) is 0 Å². The molecule has 0 heterocycles. The van der Waals surface area contributed by atoms with E-state index < -0.39 is 0 Å². The van der Waals surface area contributed by atoms with Gasteiger partial charge in [0.15, 0.2) is 0 Å². The number of aliphatic hydroxyl groups excluding tert-OH is 1. The summed E-state index contributed by atoms with van der Waals surface area (Å²) in [6.07, 6.45) is 5.10. The van der Waals surface area contributed by atoms with Gasteiger partial charge in [0, 0.05) is 12.2 Å². The monoisotopic (exact) mass is 284 g/mol. The number of phenolic OH excluding ortho intramolecular Hbond substituents is 1. The molecule has 2 N–H and O–H groups in total. The number of rotatable bonds is 2. The number of halogens is 1. The summed E-state index contributed by atoms with van der Waals surface area (Å²) in [4.78, 5) is 0. The Hall–Kier alpha value is -0.540. The normalized spacial score (nSPS) is 14.9. The van der Waals surface area contributed by atoms with Crippen molar-refractivity contribution in [3.05, 3.63) is 26.7 Å². The molecule has 0 radical (unpaired) electrons. The number of aliphatic hydroxyl groups is 1. The van der Waals surface area contributed by atoms with Crippen LogP contribution in [0.1, 0.15) is 35.1 Å². The molecule has 1 aromatic carbocycles. The van der Waals surface area contributed by atoms with Gasteiger partial charge >= 0.3 is 0 Å². The van der Waals surface area contributed by atoms with Crippen LogP contribution in [-0.2, 0) is 19.3 Å². The summed E-state index contributed by atoms with van der Waals surface area (Å²) in [5.41, 5.74) is 4.71. The van der Waals surface area contributed by atoms with E-state index in [4.69, 9.17) is 5.11 Å². The van der Waals surface area contributed by atoms with E-state index in [0.717, 1.165) is 22.9 Å². The average Bonchev–Trinajstić information content (AvgIpc) is 2.32. The highest BCUT2D eigenvalue weighted by Gasteiger charge is 2.21. The van der Waals surface area contributed by atoms with E-state index >= 15 is 0 Å². The molecule has 0 aromatic heterocycles. The minimum atomic E-state index is 0.0830. The van der Waals surface area contributed by atoms with Crippen LogP contribution in [0, 0.1) is 6.92 Å². The van der Waals surface area contributed by atoms with Crippen LogP contribution in [-0.4, -0.2) is 16.8 Å². The zero-order chi connectivity index (χ0) is 11.7. The summed E-state index contributed by atoms with van der Waals surface area (Å²) in [5, 5.41) is 19.1. The maximum Gasteiger partial charge on any atom is 0.133 e. The first-order valence-corrected chi connectivity index (χ1v) is 6.58. The van der Waals surface area contributed by atoms with Crippen LogP contribution in [0.15, 0.2) is 4.47 Å². The molecule has 0 saturated heterocycles. The molecule has 0 bridgehead atoms. The fourth-order valence-electron chi connectivity index (χ4n) is 2.61. The summed E-state index contributed by atoms with van der Waals surface area (Å²) in [6, 6.07) is 0. The lowest BCUT2D eigenvalue weighted by molar-refractivity contribution is 0.297. The third-order valence-electron chi connectivity index (χ3n) is 3.49. The first-order valence-electron chi connectivity index (χ1n) is 5.79. The number of hydrogen-bond acceptors (Lipinski definition) is 2. The smallest absolute Gasteiger partial charge is 0.133 e. The molecule has 1 aliphatic rings. The molecule has 16 heavy (non-hydrogen) atoms. The van der Waals surface area contributed by atoms with E-state index in [9.17, 15) is 5.11 Å². The highest BCUT2D eigenvalue weighted by molar-refractivity contribution is 9.10. The number of phenols is 1. The van der Waals surface area contributed by atoms with Crippen molar-refractivity contribution in [1.82, 2.24) is 0 Å². The van der Waals surface area contributed by atoms with E-state index in [1.165, 1.54) is 29.5 Å². The number of hydrogen-bond donors (Lipinski definition) is 2. The maximum absolute atomic E-state index is 10.1. The van der Waals surface area contributed by atoms with E-state index in [-0.39, 0.29) is 6.61 Å². The summed E-state index contributed by atoms with van der Waals surface area (Å²) in [6.45, 7) is 2.14. The molecule has 0 atom stereocenters. The molecule has 0 aliphatic heterocycles. The van der Waals surface area contributed by atoms with E-state index in [1.807, 2.05) is 0 Å². The number of fused-ring (bicyclic) bond motifs is 1. The van der Waals surface area contributed by atoms with Crippen molar-refractivity contribution in [2.24, 2.45) is 0 Å². The van der Waals surface area contributed by atoms with Gasteiger partial charge in [0.25, 0.3) is 0 Å². The van der Waals surface area contributed by atoms with Gasteiger partial charge in [-0.2, -0.15) is 0 Å². The highest BCUT2D eigenvalue weighted by atomic mass is 79.9. The van der Waals surface area contributed by atoms with Crippen LogP contribution in [0.5, 0.6) is 5.75 Å². The fraction of sp³-hybridized carbons (Fsp3) is 0.538. The van der Waals surface area contributed by atoms with Gasteiger partial charge in [-0.05, 0) is 71.6 Å². The molecule has 0 saturated carbocycles. The zero-order valence-electron chi connectivity index (χ0n) is 9.52. The Morgan fingerprint density at radius 2 is 1.81 bits per heavy atom. The minimum Gasteiger partial charge on any atom is -0.506 e. The van der Waals surface area contributed by atoms with E-state index in [0.29, 0.717) is 12.2 Å². The second kappa shape index (κ2) is 4.76. The van der Waals surface area contributed by atoms with E-state index in [2.05, 4.69) is 22.9 Å². The van der Waals surface area contributed by atoms with Gasteiger partial charge in [0.2, 0.25) is 0 Å². The third kappa shape index (κ3) is 1.87. The van der Waals surface area contributed by atoms with Crippen LogP contribution in [0.25, 0.3) is 0 Å². The van der Waals surface area contributed by atoms with Gasteiger partial charge in [-0.1, -0.05) is 0 Å².